The maximum Gasteiger partial charge on any atom is 0.322 e. The molecule has 0 aromatic rings. The number of hydrogen-bond donors (Lipinski definition) is 3. The van der Waals surface area contributed by atoms with E-state index in [-0.39, 0.29) is 30.9 Å². The molecule has 6 heteroatoms. The Kier molecular flexibility index (Phi) is 13.6. The fourth-order valence-corrected chi connectivity index (χ4v) is 2.34. The predicted molar refractivity (Wildman–Crippen MR) is 92.8 cm³/mol. The van der Waals surface area contributed by atoms with Crippen molar-refractivity contribution in [1.29, 1.82) is 0 Å². The lowest BCUT2D eigenvalue weighted by molar-refractivity contribution is -0.138. The zero-order valence-corrected chi connectivity index (χ0v) is 14.7. The van der Waals surface area contributed by atoms with Crippen LogP contribution in [0.5, 0.6) is 0 Å². The van der Waals surface area contributed by atoms with E-state index < -0.39 is 11.9 Å². The third-order valence-electron chi connectivity index (χ3n) is 3.70. The number of nitrogens with one attached hydrogen (secondary N) is 1. The molecule has 0 radical (unpaired) electrons. The van der Waals surface area contributed by atoms with Crippen molar-refractivity contribution in [3.05, 3.63) is 11.8 Å². The Hall–Kier alpha value is -1.85. The minimum absolute atomic E-state index is 0.120. The predicted octanol–water partition coefficient (Wildman–Crippen LogP) is 3.51. The van der Waals surface area contributed by atoms with Crippen LogP contribution in [0.4, 0.5) is 0 Å². The van der Waals surface area contributed by atoms with Gasteiger partial charge in [-0.3, -0.25) is 14.4 Å². The Morgan fingerprint density at radius 1 is 0.833 bits per heavy atom. The van der Waals surface area contributed by atoms with Crippen molar-refractivity contribution in [3.8, 4) is 0 Å². The van der Waals surface area contributed by atoms with Gasteiger partial charge in [0.05, 0.1) is 12.1 Å². The average molecular weight is 341 g/mol. The van der Waals surface area contributed by atoms with E-state index in [1.807, 2.05) is 0 Å². The first-order valence-electron chi connectivity index (χ1n) is 8.88. The van der Waals surface area contributed by atoms with Gasteiger partial charge in [-0.25, -0.2) is 0 Å². The number of ketones is 1. The number of carbonyl (C=O) groups excluding carboxylic acids is 1. The summed E-state index contributed by atoms with van der Waals surface area (Å²) in [5.74, 6) is -2.44. The van der Waals surface area contributed by atoms with Gasteiger partial charge in [-0.15, -0.1) is 0 Å². The van der Waals surface area contributed by atoms with Crippen LogP contribution >= 0.6 is 0 Å². The number of Topliss-reactive ketones (excluding diaryl/α,β-unsaturated/α-hetero) is 1. The number of rotatable bonds is 16. The van der Waals surface area contributed by atoms with Crippen LogP contribution in [0.1, 0.15) is 77.6 Å². The third-order valence-corrected chi connectivity index (χ3v) is 3.70. The molecule has 0 saturated heterocycles. The molecule has 0 aliphatic rings. The van der Waals surface area contributed by atoms with Gasteiger partial charge >= 0.3 is 11.9 Å². The Morgan fingerprint density at radius 3 is 1.96 bits per heavy atom. The van der Waals surface area contributed by atoms with Crippen LogP contribution in [0.25, 0.3) is 0 Å². The molecule has 0 atom stereocenters. The highest BCUT2D eigenvalue weighted by molar-refractivity contribution is 5.96. The van der Waals surface area contributed by atoms with Gasteiger partial charge in [0.1, 0.15) is 6.54 Å². The summed E-state index contributed by atoms with van der Waals surface area (Å²) in [6, 6.07) is 0. The highest BCUT2D eigenvalue weighted by atomic mass is 16.4. The largest absolute Gasteiger partial charge is 0.481 e. The second-order valence-corrected chi connectivity index (χ2v) is 5.95. The quantitative estimate of drug-likeness (QED) is 0.293. The molecule has 0 aliphatic carbocycles. The van der Waals surface area contributed by atoms with Crippen molar-refractivity contribution in [2.75, 3.05) is 6.54 Å². The van der Waals surface area contributed by atoms with E-state index in [0.717, 1.165) is 12.8 Å². The lowest BCUT2D eigenvalue weighted by atomic mass is 10.1. The molecular weight excluding hydrogens is 310 g/mol. The number of carboxylic acid groups (broad SMARTS) is 2. The molecule has 0 saturated carbocycles. The smallest absolute Gasteiger partial charge is 0.322 e. The van der Waals surface area contributed by atoms with Crippen LogP contribution in [-0.4, -0.2) is 34.5 Å². The minimum Gasteiger partial charge on any atom is -0.481 e. The van der Waals surface area contributed by atoms with Crippen molar-refractivity contribution >= 4 is 17.7 Å². The summed E-state index contributed by atoms with van der Waals surface area (Å²) in [5, 5.41) is 19.9. The Bertz CT molecular complexity index is 418. The first kappa shape index (κ1) is 22.1. The van der Waals surface area contributed by atoms with Gasteiger partial charge in [-0.05, 0) is 12.8 Å². The number of aliphatic carboxylic acids is 2. The summed E-state index contributed by atoms with van der Waals surface area (Å²) in [6.45, 7) is 1.85. The number of unbranched alkanes of at least 4 members (excludes halogenated alkanes) is 8. The molecule has 0 bridgehead atoms. The van der Waals surface area contributed by atoms with Gasteiger partial charge < -0.3 is 15.5 Å². The number of hydrogen-bond acceptors (Lipinski definition) is 4. The van der Waals surface area contributed by atoms with Crippen LogP contribution in [0.15, 0.2) is 11.8 Å². The van der Waals surface area contributed by atoms with Crippen molar-refractivity contribution in [1.82, 2.24) is 5.32 Å². The zero-order chi connectivity index (χ0) is 18.2. The number of carbonyl (C=O) groups is 3. The normalized spacial score (nSPS) is 11.3. The second-order valence-electron chi connectivity index (χ2n) is 5.95. The van der Waals surface area contributed by atoms with Gasteiger partial charge in [-0.1, -0.05) is 57.9 Å². The van der Waals surface area contributed by atoms with E-state index in [0.29, 0.717) is 6.42 Å². The summed E-state index contributed by atoms with van der Waals surface area (Å²) >= 11 is 0. The maximum absolute atomic E-state index is 11.9. The summed E-state index contributed by atoms with van der Waals surface area (Å²) in [6.07, 6.45) is 11.5. The minimum atomic E-state index is -1.06. The molecule has 0 fully saturated rings. The summed E-state index contributed by atoms with van der Waals surface area (Å²) in [7, 11) is 0. The van der Waals surface area contributed by atoms with E-state index in [1.165, 1.54) is 38.5 Å². The highest BCUT2D eigenvalue weighted by Gasteiger charge is 2.12. The van der Waals surface area contributed by atoms with Gasteiger partial charge in [0.15, 0.2) is 5.78 Å². The molecule has 138 valence electrons. The lowest BCUT2D eigenvalue weighted by Crippen LogP contribution is -2.26. The molecule has 0 aliphatic heterocycles. The van der Waals surface area contributed by atoms with E-state index >= 15 is 0 Å². The SMILES string of the molecule is CCCCCCCCCC/C=C(\NCC(=O)O)C(=O)CCC(=O)O. The van der Waals surface area contributed by atoms with Gasteiger partial charge in [-0.2, -0.15) is 0 Å². The first-order valence-corrected chi connectivity index (χ1v) is 8.88. The highest BCUT2D eigenvalue weighted by Crippen LogP contribution is 2.11. The van der Waals surface area contributed by atoms with Crippen molar-refractivity contribution in [3.63, 3.8) is 0 Å². The molecular formula is C18H31NO5. The van der Waals surface area contributed by atoms with E-state index in [4.69, 9.17) is 10.2 Å². The van der Waals surface area contributed by atoms with Crippen molar-refractivity contribution in [2.24, 2.45) is 0 Å². The monoisotopic (exact) mass is 341 g/mol. The summed E-state index contributed by atoms with van der Waals surface area (Å²) in [5.41, 5.74) is 0.224. The fraction of sp³-hybridized carbons (Fsp3) is 0.722. The lowest BCUT2D eigenvalue weighted by Gasteiger charge is -2.08. The molecule has 0 amide bonds. The number of allylic oxidation sites excluding steroid dienone is 2. The Morgan fingerprint density at radius 2 is 1.42 bits per heavy atom. The molecule has 0 unspecified atom stereocenters. The van der Waals surface area contributed by atoms with E-state index in [1.54, 1.807) is 6.08 Å². The maximum atomic E-state index is 11.9. The molecule has 0 heterocycles. The Labute approximate surface area is 144 Å². The number of carboxylic acids is 2. The summed E-state index contributed by atoms with van der Waals surface area (Å²) < 4.78 is 0. The average Bonchev–Trinajstić information content (AvgIpc) is 2.53. The molecule has 6 nitrogen and oxygen atoms in total. The van der Waals surface area contributed by atoms with Crippen LogP contribution < -0.4 is 5.32 Å². The van der Waals surface area contributed by atoms with Crippen LogP contribution in [0.3, 0.4) is 0 Å². The molecule has 0 spiro atoms. The Balaban J connectivity index is 4.11. The second kappa shape index (κ2) is 14.7. The molecule has 3 N–H and O–H groups in total. The first-order chi connectivity index (χ1) is 11.5. The van der Waals surface area contributed by atoms with Gasteiger partial charge in [0.25, 0.3) is 0 Å². The topological polar surface area (TPSA) is 104 Å². The molecule has 0 rings (SSSR count). The summed E-state index contributed by atoms with van der Waals surface area (Å²) in [4.78, 5) is 33.1. The van der Waals surface area contributed by atoms with E-state index in [9.17, 15) is 14.4 Å². The standard InChI is InChI=1S/C18H31NO5/c1-2-3-4-5-6-7-8-9-10-11-15(19-14-18(23)24)16(20)12-13-17(21)22/h11,19H,2-10,12-14H2,1H3,(H,21,22)(H,23,24)/b15-11-. The van der Waals surface area contributed by atoms with Gasteiger partial charge in [0.2, 0.25) is 0 Å². The van der Waals surface area contributed by atoms with Crippen LogP contribution in [-0.2, 0) is 14.4 Å². The molecule has 24 heavy (non-hydrogen) atoms. The third kappa shape index (κ3) is 13.8. The van der Waals surface area contributed by atoms with Crippen molar-refractivity contribution < 1.29 is 24.6 Å². The fourth-order valence-electron chi connectivity index (χ4n) is 2.34. The van der Waals surface area contributed by atoms with Crippen LogP contribution in [0, 0.1) is 0 Å². The van der Waals surface area contributed by atoms with Crippen molar-refractivity contribution in [2.45, 2.75) is 77.6 Å². The zero-order valence-electron chi connectivity index (χ0n) is 14.7. The van der Waals surface area contributed by atoms with Crippen LogP contribution in [0.2, 0.25) is 0 Å². The van der Waals surface area contributed by atoms with E-state index in [2.05, 4.69) is 12.2 Å². The van der Waals surface area contributed by atoms with Gasteiger partial charge in [0, 0.05) is 6.42 Å². The molecule has 0 aromatic heterocycles. The molecule has 0 aromatic carbocycles.